The maximum Gasteiger partial charge on any atom is 0.503 e. The Bertz CT molecular complexity index is 31.1. The molecular weight excluding hydrogens is 148 g/mol. The van der Waals surface area contributed by atoms with Crippen molar-refractivity contribution >= 4 is 6.16 Å². The summed E-state index contributed by atoms with van der Waals surface area (Å²) < 4.78 is 0. The first-order chi connectivity index (χ1) is 1.73. The molecule has 0 heterocycles. The molecule has 0 unspecified atom stereocenters. The van der Waals surface area contributed by atoms with Crippen molar-refractivity contribution in [3.05, 3.63) is 0 Å². The molecule has 0 aromatic carbocycles. The molecule has 0 saturated heterocycles. The number of hydrogen-bond donors (Lipinski definition) is 2. The van der Waals surface area contributed by atoms with Crippen LogP contribution in [-0.4, -0.2) is 27.3 Å². The number of rotatable bonds is 0. The van der Waals surface area contributed by atoms with Crippen LogP contribution in [0.5, 0.6) is 0 Å². The first-order valence-corrected chi connectivity index (χ1v) is 0.651. The van der Waals surface area contributed by atoms with Gasteiger partial charge in [-0.25, -0.2) is 4.79 Å². The van der Waals surface area contributed by atoms with Crippen molar-refractivity contribution in [3.63, 3.8) is 0 Å². The molecule has 0 aromatic heterocycles. The summed E-state index contributed by atoms with van der Waals surface area (Å²) in [6.45, 7) is 0. The van der Waals surface area contributed by atoms with Gasteiger partial charge in [-0.1, -0.05) is 0 Å². The quantitative estimate of drug-likeness (QED) is 0.415. The van der Waals surface area contributed by atoms with E-state index in [-0.39, 0.29) is 28.0 Å². The fourth-order valence-electron chi connectivity index (χ4n) is 0. The fourth-order valence-corrected chi connectivity index (χ4v) is 0. The summed E-state index contributed by atoms with van der Waals surface area (Å²) in [7, 11) is 0. The Morgan fingerprint density at radius 3 is 1.14 bits per heavy atom. The summed E-state index contributed by atoms with van der Waals surface area (Å²) in [6, 6.07) is 0. The molecule has 0 radical (unpaired) electrons. The van der Waals surface area contributed by atoms with Gasteiger partial charge in [0, 0.05) is 17.1 Å². The van der Waals surface area contributed by atoms with Crippen LogP contribution in [0.1, 0.15) is 0 Å². The smallest absolute Gasteiger partial charge is 0.450 e. The molecule has 0 aliphatic heterocycles. The topological polar surface area (TPSA) is 121 Å². The van der Waals surface area contributed by atoms with E-state index in [4.69, 9.17) is 15.0 Å². The summed E-state index contributed by atoms with van der Waals surface area (Å²) >= 11 is 0. The number of carboxylic acid groups (broad SMARTS) is 2. The maximum atomic E-state index is 8.56. The Hall–Kier alpha value is -0.291. The van der Waals surface area contributed by atoms with Crippen LogP contribution in [-0.2, 0) is 17.1 Å². The van der Waals surface area contributed by atoms with Crippen molar-refractivity contribution in [2.24, 2.45) is 0 Å². The molecular formula is CH6FeO5. The van der Waals surface area contributed by atoms with Crippen molar-refractivity contribution in [1.29, 1.82) is 0 Å². The second-order valence-corrected chi connectivity index (χ2v) is 0.283. The Labute approximate surface area is 50.0 Å². The van der Waals surface area contributed by atoms with Gasteiger partial charge in [0.25, 0.3) is 0 Å². The third-order valence-corrected chi connectivity index (χ3v) is 0. The molecule has 0 rings (SSSR count). The van der Waals surface area contributed by atoms with Crippen LogP contribution in [0, 0.1) is 0 Å². The van der Waals surface area contributed by atoms with Crippen LogP contribution in [0.15, 0.2) is 0 Å². The Kier molecular flexibility index (Phi) is 73.4. The molecule has 6 N–H and O–H groups in total. The van der Waals surface area contributed by atoms with Crippen LogP contribution in [0.3, 0.4) is 0 Å². The van der Waals surface area contributed by atoms with E-state index in [1.165, 1.54) is 0 Å². The van der Waals surface area contributed by atoms with Gasteiger partial charge in [-0.3, -0.25) is 0 Å². The van der Waals surface area contributed by atoms with Crippen LogP contribution >= 0.6 is 0 Å². The average Bonchev–Trinajstić information content (AvgIpc) is 0.811. The van der Waals surface area contributed by atoms with Gasteiger partial charge in [0.2, 0.25) is 0 Å². The van der Waals surface area contributed by atoms with Crippen molar-refractivity contribution in [2.45, 2.75) is 0 Å². The monoisotopic (exact) mass is 154 g/mol. The van der Waals surface area contributed by atoms with E-state index in [0.717, 1.165) is 0 Å². The Balaban J connectivity index is -0.0000000150. The molecule has 5 nitrogen and oxygen atoms in total. The Morgan fingerprint density at radius 1 is 1.14 bits per heavy atom. The van der Waals surface area contributed by atoms with E-state index in [9.17, 15) is 0 Å². The summed E-state index contributed by atoms with van der Waals surface area (Å²) in [5.74, 6) is 0. The summed E-state index contributed by atoms with van der Waals surface area (Å²) in [4.78, 5) is 8.56. The molecule has 0 saturated carbocycles. The number of carbonyl (C=O) groups is 1. The summed E-state index contributed by atoms with van der Waals surface area (Å²) in [5, 5.41) is 13.9. The number of hydrogen-bond acceptors (Lipinski definition) is 1. The van der Waals surface area contributed by atoms with Crippen molar-refractivity contribution in [1.82, 2.24) is 0 Å². The van der Waals surface area contributed by atoms with E-state index >= 15 is 0 Å². The second-order valence-electron chi connectivity index (χ2n) is 0.283. The van der Waals surface area contributed by atoms with E-state index < -0.39 is 6.16 Å². The van der Waals surface area contributed by atoms with Gasteiger partial charge in [0.05, 0.1) is 0 Å². The average molecular weight is 154 g/mol. The van der Waals surface area contributed by atoms with Gasteiger partial charge in [-0.15, -0.1) is 0 Å². The predicted molar refractivity (Wildman–Crippen MR) is 17.9 cm³/mol. The van der Waals surface area contributed by atoms with Crippen molar-refractivity contribution in [2.75, 3.05) is 0 Å². The third-order valence-electron chi connectivity index (χ3n) is 0. The maximum absolute atomic E-state index is 8.56. The summed E-state index contributed by atoms with van der Waals surface area (Å²) in [6.07, 6.45) is -1.83. The summed E-state index contributed by atoms with van der Waals surface area (Å²) in [5.41, 5.74) is 0. The normalized spacial score (nSPS) is 3.43. The van der Waals surface area contributed by atoms with Gasteiger partial charge in [-0.2, -0.15) is 0 Å². The minimum atomic E-state index is -1.83. The molecule has 0 amide bonds. The van der Waals surface area contributed by atoms with E-state index in [0.29, 0.717) is 0 Å². The molecule has 6 heteroatoms. The van der Waals surface area contributed by atoms with E-state index in [1.807, 2.05) is 0 Å². The van der Waals surface area contributed by atoms with E-state index in [2.05, 4.69) is 0 Å². The van der Waals surface area contributed by atoms with Gasteiger partial charge < -0.3 is 21.2 Å². The molecule has 0 spiro atoms. The predicted octanol–water partition coefficient (Wildman–Crippen LogP) is -1.43. The van der Waals surface area contributed by atoms with Gasteiger partial charge >= 0.3 is 6.16 Å². The molecule has 0 aliphatic rings. The van der Waals surface area contributed by atoms with Crippen molar-refractivity contribution in [3.8, 4) is 0 Å². The molecule has 0 fully saturated rings. The van der Waals surface area contributed by atoms with E-state index in [1.54, 1.807) is 0 Å². The minimum Gasteiger partial charge on any atom is -0.450 e. The SMILES string of the molecule is O.O.O=C(O)O.[Fe]. The molecule has 7 heavy (non-hydrogen) atoms. The van der Waals surface area contributed by atoms with Crippen LogP contribution < -0.4 is 0 Å². The molecule has 0 bridgehead atoms. The van der Waals surface area contributed by atoms with Gasteiger partial charge in [-0.05, 0) is 0 Å². The second kappa shape index (κ2) is 17.2. The van der Waals surface area contributed by atoms with Gasteiger partial charge in [0.15, 0.2) is 0 Å². The van der Waals surface area contributed by atoms with Crippen LogP contribution in [0.4, 0.5) is 4.79 Å². The minimum absolute atomic E-state index is 0. The molecule has 0 aromatic rings. The molecule has 0 atom stereocenters. The zero-order chi connectivity index (χ0) is 3.58. The molecule has 48 valence electrons. The zero-order valence-corrected chi connectivity index (χ0v) is 4.26. The zero-order valence-electron chi connectivity index (χ0n) is 3.16. The largest absolute Gasteiger partial charge is 0.503 e. The standard InChI is InChI=1S/CH2O3.Fe.2H2O/c2-1(3)4;;;/h(H2,2,3,4);;2*1H2. The molecule has 0 aliphatic carbocycles. The first-order valence-electron chi connectivity index (χ1n) is 0.651. The third kappa shape index (κ3) is 931. The first kappa shape index (κ1) is 29.8. The van der Waals surface area contributed by atoms with Crippen LogP contribution in [0.2, 0.25) is 0 Å². The fraction of sp³-hybridized carbons (Fsp3) is 0. The van der Waals surface area contributed by atoms with Crippen molar-refractivity contribution < 1.29 is 43.0 Å². The van der Waals surface area contributed by atoms with Crippen LogP contribution in [0.25, 0.3) is 0 Å². The Morgan fingerprint density at radius 2 is 1.14 bits per heavy atom. The van der Waals surface area contributed by atoms with Gasteiger partial charge in [0.1, 0.15) is 0 Å².